The zero-order chi connectivity index (χ0) is 36.8. The van der Waals surface area contributed by atoms with E-state index in [1.54, 1.807) is 29.4 Å². The first-order chi connectivity index (χ1) is 26.3. The van der Waals surface area contributed by atoms with E-state index in [1.165, 1.54) is 0 Å². The molecular formula is C42H33ClN6O5. The molecule has 12 heteroatoms. The number of allylic oxidation sites excluding steroid dienone is 1. The van der Waals surface area contributed by atoms with Crippen molar-refractivity contribution in [2.75, 3.05) is 6.61 Å². The van der Waals surface area contributed by atoms with E-state index in [4.69, 9.17) is 25.8 Å². The van der Waals surface area contributed by atoms with Gasteiger partial charge in [0.05, 0.1) is 16.7 Å². The number of piperidine rings is 1. The summed E-state index contributed by atoms with van der Waals surface area (Å²) in [7, 11) is 0. The topological polar surface area (TPSA) is 132 Å². The maximum Gasteiger partial charge on any atom is 0.255 e. The van der Waals surface area contributed by atoms with Crippen LogP contribution in [0.25, 0.3) is 32.9 Å². The largest absolute Gasteiger partial charge is 0.489 e. The summed E-state index contributed by atoms with van der Waals surface area (Å²) in [4.78, 5) is 43.6. The second kappa shape index (κ2) is 13.9. The number of hydrogen-bond acceptors (Lipinski definition) is 8. The average molecular weight is 737 g/mol. The van der Waals surface area contributed by atoms with Crippen LogP contribution in [0.1, 0.15) is 47.3 Å². The predicted molar refractivity (Wildman–Crippen MR) is 203 cm³/mol. The lowest BCUT2D eigenvalue weighted by atomic mass is 9.92. The molecule has 268 valence electrons. The minimum absolute atomic E-state index is 0.0249. The summed E-state index contributed by atoms with van der Waals surface area (Å²) in [5.41, 5.74) is 6.60. The lowest BCUT2D eigenvalue weighted by Crippen LogP contribution is -2.49. The van der Waals surface area contributed by atoms with Crippen LogP contribution in [-0.2, 0) is 11.3 Å². The first-order valence-corrected chi connectivity index (χ1v) is 18.1. The van der Waals surface area contributed by atoms with Gasteiger partial charge in [-0.2, -0.15) is 0 Å². The molecule has 11 nitrogen and oxygen atoms in total. The second-order valence-corrected chi connectivity index (χ2v) is 14.0. The van der Waals surface area contributed by atoms with Crippen LogP contribution in [0.5, 0.6) is 17.4 Å². The van der Waals surface area contributed by atoms with Gasteiger partial charge in [0, 0.05) is 77.2 Å². The lowest BCUT2D eigenvalue weighted by molar-refractivity contribution is -0.126. The highest BCUT2D eigenvalue weighted by Crippen LogP contribution is 2.34. The Morgan fingerprint density at radius 1 is 0.889 bits per heavy atom. The molecule has 1 unspecified atom stereocenters. The minimum Gasteiger partial charge on any atom is -0.489 e. The number of benzene rings is 2. The fraction of sp³-hybridized carbons (Fsp3) is 0.214. The van der Waals surface area contributed by atoms with Crippen LogP contribution in [0.2, 0.25) is 5.02 Å². The zero-order valence-corrected chi connectivity index (χ0v) is 29.7. The van der Waals surface area contributed by atoms with Crippen LogP contribution in [0.15, 0.2) is 97.7 Å². The van der Waals surface area contributed by atoms with E-state index in [1.807, 2.05) is 42.7 Å². The van der Waals surface area contributed by atoms with Crippen molar-refractivity contribution in [2.24, 2.45) is 0 Å². The van der Waals surface area contributed by atoms with Crippen molar-refractivity contribution in [2.45, 2.75) is 50.5 Å². The van der Waals surface area contributed by atoms with Crippen LogP contribution < -0.4 is 19.5 Å². The van der Waals surface area contributed by atoms with Gasteiger partial charge in [0.15, 0.2) is 0 Å². The molecule has 1 atom stereocenters. The summed E-state index contributed by atoms with van der Waals surface area (Å²) in [6.07, 6.45) is 9.73. The molecule has 2 aromatic carbocycles. The van der Waals surface area contributed by atoms with E-state index in [-0.39, 0.29) is 30.6 Å². The highest BCUT2D eigenvalue weighted by Gasteiger charge is 2.38. The number of nitrogens with zero attached hydrogens (tertiary/aromatic N) is 4. The van der Waals surface area contributed by atoms with Crippen molar-refractivity contribution in [1.29, 1.82) is 0 Å². The summed E-state index contributed by atoms with van der Waals surface area (Å²) < 4.78 is 18.0. The predicted octanol–water partition coefficient (Wildman–Crippen LogP) is 6.99. The number of ether oxygens (including phenoxy) is 3. The van der Waals surface area contributed by atoms with Crippen molar-refractivity contribution in [1.82, 2.24) is 30.2 Å². The highest BCUT2D eigenvalue weighted by atomic mass is 35.5. The van der Waals surface area contributed by atoms with Crippen LogP contribution in [0.4, 0.5) is 0 Å². The van der Waals surface area contributed by atoms with Gasteiger partial charge in [-0.05, 0) is 72.4 Å². The van der Waals surface area contributed by atoms with Crippen molar-refractivity contribution in [3.63, 3.8) is 0 Å². The maximum atomic E-state index is 13.0. The SMILES string of the molecule is C=C1CCC(N2Cc3cc(OCC#Cc4ccc(OC5CC(Oc6ccc(-c7ccc8c(c7)[nH]c7c(Cl)cncc78)cn6)C5)cn4)ccc3C2=O)C(=O)N1. The van der Waals surface area contributed by atoms with Gasteiger partial charge in [-0.1, -0.05) is 36.2 Å². The number of aromatic nitrogens is 4. The van der Waals surface area contributed by atoms with Gasteiger partial charge in [0.1, 0.15) is 42.0 Å². The lowest BCUT2D eigenvalue weighted by Gasteiger charge is -2.34. The fourth-order valence-electron chi connectivity index (χ4n) is 7.15. The Labute approximate surface area is 315 Å². The Balaban J connectivity index is 0.726. The molecule has 2 fully saturated rings. The third-order valence-corrected chi connectivity index (χ3v) is 10.3. The number of pyridine rings is 3. The van der Waals surface area contributed by atoms with E-state index in [2.05, 4.69) is 61.9 Å². The second-order valence-electron chi connectivity index (χ2n) is 13.6. The molecule has 4 aromatic heterocycles. The Hall–Kier alpha value is -6.38. The first kappa shape index (κ1) is 33.5. The van der Waals surface area contributed by atoms with Crippen LogP contribution in [-0.4, -0.2) is 61.5 Å². The number of fused-ring (bicyclic) bond motifs is 4. The summed E-state index contributed by atoms with van der Waals surface area (Å²) in [6, 6.07) is 18.7. The third-order valence-electron chi connectivity index (χ3n) is 10.1. The van der Waals surface area contributed by atoms with Gasteiger partial charge in [0.25, 0.3) is 5.91 Å². The van der Waals surface area contributed by atoms with Gasteiger partial charge in [-0.25, -0.2) is 9.97 Å². The summed E-state index contributed by atoms with van der Waals surface area (Å²) >= 11 is 6.33. The third kappa shape index (κ3) is 6.57. The van der Waals surface area contributed by atoms with E-state index >= 15 is 0 Å². The van der Waals surface area contributed by atoms with Gasteiger partial charge >= 0.3 is 0 Å². The molecule has 54 heavy (non-hydrogen) atoms. The molecule has 2 amide bonds. The standard InChI is InChI=1S/C42H33ClN6O5/c1-24-4-12-38(41(50)47-24)49-23-27-15-29(9-11-33(27)42(49)51)52-14-2-3-28-7-8-30(20-45-28)53-31-17-32(18-31)54-39-13-6-26(19-46-39)25-5-10-34-35-21-44-22-36(43)40(35)48-37(34)16-25/h5-11,13,15-16,19-22,31-32,38,48H,1,4,12,14,17-18,23H2,(H,47,50). The number of rotatable bonds is 8. The fourth-order valence-corrected chi connectivity index (χ4v) is 7.35. The highest BCUT2D eigenvalue weighted by molar-refractivity contribution is 6.36. The smallest absolute Gasteiger partial charge is 0.255 e. The number of nitrogens with one attached hydrogen (secondary N) is 2. The molecule has 6 heterocycles. The van der Waals surface area contributed by atoms with Crippen LogP contribution in [0, 0.1) is 11.8 Å². The molecule has 6 aromatic rings. The van der Waals surface area contributed by atoms with Gasteiger partial charge in [0.2, 0.25) is 11.8 Å². The molecular weight excluding hydrogens is 704 g/mol. The quantitative estimate of drug-likeness (QED) is 0.160. The number of hydrogen-bond donors (Lipinski definition) is 2. The summed E-state index contributed by atoms with van der Waals surface area (Å²) in [5.74, 6) is 7.53. The normalized spacial score (nSPS) is 19.2. The maximum absolute atomic E-state index is 13.0. The number of carbonyl (C=O) groups is 2. The molecule has 3 aliphatic rings. The van der Waals surface area contributed by atoms with Gasteiger partial charge < -0.3 is 29.4 Å². The number of carbonyl (C=O) groups excluding carboxylic acids is 2. The number of halogens is 1. The zero-order valence-electron chi connectivity index (χ0n) is 29.0. The van der Waals surface area contributed by atoms with Crippen molar-refractivity contribution in [3.05, 3.63) is 120 Å². The van der Waals surface area contributed by atoms with Crippen molar-refractivity contribution < 1.29 is 23.8 Å². The van der Waals surface area contributed by atoms with Crippen molar-refractivity contribution >= 4 is 45.2 Å². The van der Waals surface area contributed by atoms with Crippen LogP contribution >= 0.6 is 11.6 Å². The van der Waals surface area contributed by atoms with E-state index in [0.717, 1.165) is 51.3 Å². The minimum atomic E-state index is -0.498. The average Bonchev–Trinajstić information content (AvgIpc) is 3.70. The monoisotopic (exact) mass is 736 g/mol. The number of aromatic amines is 1. The van der Waals surface area contributed by atoms with E-state index in [9.17, 15) is 9.59 Å². The molecule has 1 saturated heterocycles. The Morgan fingerprint density at radius 3 is 2.56 bits per heavy atom. The number of H-pyrrole nitrogens is 1. The Kier molecular flexibility index (Phi) is 8.60. The Bertz CT molecular complexity index is 2520. The van der Waals surface area contributed by atoms with E-state index < -0.39 is 6.04 Å². The van der Waals surface area contributed by atoms with Gasteiger partial charge in [-0.15, -0.1) is 0 Å². The van der Waals surface area contributed by atoms with E-state index in [0.29, 0.717) is 58.7 Å². The first-order valence-electron chi connectivity index (χ1n) is 17.7. The summed E-state index contributed by atoms with van der Waals surface area (Å²) in [6.45, 7) is 4.33. The molecule has 0 spiro atoms. The van der Waals surface area contributed by atoms with Crippen molar-refractivity contribution in [3.8, 4) is 40.3 Å². The molecule has 2 aliphatic heterocycles. The molecule has 9 rings (SSSR count). The molecule has 1 saturated carbocycles. The summed E-state index contributed by atoms with van der Waals surface area (Å²) in [5, 5.41) is 5.43. The molecule has 1 aliphatic carbocycles. The number of amides is 2. The van der Waals surface area contributed by atoms with Crippen LogP contribution in [0.3, 0.4) is 0 Å². The molecule has 2 N–H and O–H groups in total. The molecule has 0 radical (unpaired) electrons. The molecule has 0 bridgehead atoms. The Morgan fingerprint density at radius 2 is 1.74 bits per heavy atom. The van der Waals surface area contributed by atoms with Gasteiger partial charge in [-0.3, -0.25) is 14.6 Å².